The lowest BCUT2D eigenvalue weighted by Crippen LogP contribution is -2.45. The molecule has 4 rings (SSSR count). The molecule has 1 amide bonds. The van der Waals surface area contributed by atoms with Gasteiger partial charge in [-0.15, -0.1) is 0 Å². The normalized spacial score (nSPS) is 15.6. The Bertz CT molecular complexity index is 1180. The Labute approximate surface area is 201 Å². The van der Waals surface area contributed by atoms with Gasteiger partial charge in [-0.05, 0) is 34.9 Å². The van der Waals surface area contributed by atoms with Crippen LogP contribution in [0.25, 0.3) is 6.08 Å². The van der Waals surface area contributed by atoms with Crippen LogP contribution in [-0.4, -0.2) is 32.2 Å². The summed E-state index contributed by atoms with van der Waals surface area (Å²) < 4.78 is 6.05. The van der Waals surface area contributed by atoms with E-state index in [0.717, 1.165) is 34.2 Å². The summed E-state index contributed by atoms with van der Waals surface area (Å²) in [4.78, 5) is 26.6. The van der Waals surface area contributed by atoms with Crippen molar-refractivity contribution in [1.82, 2.24) is 4.90 Å². The topological polar surface area (TPSA) is 66.8 Å². The molecule has 0 radical (unpaired) electrons. The lowest BCUT2D eigenvalue weighted by molar-refractivity contribution is -0.145. The largest absolute Gasteiger partial charge is 0.489 e. The number of hydrogen-bond acceptors (Lipinski definition) is 5. The van der Waals surface area contributed by atoms with E-state index >= 15 is 0 Å². The highest BCUT2D eigenvalue weighted by Crippen LogP contribution is 2.35. The molecule has 0 unspecified atom stereocenters. The second kappa shape index (κ2) is 10.5. The Morgan fingerprint density at radius 3 is 2.18 bits per heavy atom. The third-order valence-electron chi connectivity index (χ3n) is 5.12. The van der Waals surface area contributed by atoms with Gasteiger partial charge in [0.05, 0.1) is 4.91 Å². The van der Waals surface area contributed by atoms with Gasteiger partial charge in [-0.3, -0.25) is 9.69 Å². The highest BCUT2D eigenvalue weighted by atomic mass is 32.2. The van der Waals surface area contributed by atoms with Gasteiger partial charge >= 0.3 is 5.97 Å². The summed E-state index contributed by atoms with van der Waals surface area (Å²) in [5.74, 6) is -0.758. The van der Waals surface area contributed by atoms with Gasteiger partial charge in [-0.25, -0.2) is 4.79 Å². The second-order valence-electron chi connectivity index (χ2n) is 7.44. The molecule has 1 heterocycles. The van der Waals surface area contributed by atoms with Crippen molar-refractivity contribution in [2.75, 3.05) is 0 Å². The van der Waals surface area contributed by atoms with Crippen molar-refractivity contribution in [3.8, 4) is 5.75 Å². The number of nitrogens with zero attached hydrogens (tertiary/aromatic N) is 1. The van der Waals surface area contributed by atoms with Crippen LogP contribution in [0.5, 0.6) is 5.75 Å². The first-order valence-electron chi connectivity index (χ1n) is 10.3. The quantitative estimate of drug-likeness (QED) is 0.358. The Morgan fingerprint density at radius 2 is 1.58 bits per heavy atom. The lowest BCUT2D eigenvalue weighted by Gasteiger charge is -2.23. The number of carbonyl (C=O) groups is 2. The van der Waals surface area contributed by atoms with E-state index in [1.54, 1.807) is 6.08 Å². The maximum Gasteiger partial charge on any atom is 0.327 e. The SMILES string of the molecule is O=C(O)[C@H](Cc1ccccc1)N1C(=O)/C(=C/c2ccc(OCc3ccccc3)cc2)SC1=S. The number of aliphatic carboxylic acids is 1. The molecule has 1 saturated heterocycles. The van der Waals surface area contributed by atoms with Crippen molar-refractivity contribution >= 4 is 46.3 Å². The Kier molecular flexibility index (Phi) is 7.22. The van der Waals surface area contributed by atoms with Gasteiger partial charge in [0.15, 0.2) is 0 Å². The van der Waals surface area contributed by atoms with Crippen LogP contribution in [0.2, 0.25) is 0 Å². The summed E-state index contributed by atoms with van der Waals surface area (Å²) in [6.07, 6.45) is 1.91. The Balaban J connectivity index is 1.46. The molecular formula is C26H21NO4S2. The number of amides is 1. The van der Waals surface area contributed by atoms with Gasteiger partial charge in [0.1, 0.15) is 22.7 Å². The van der Waals surface area contributed by atoms with E-state index in [2.05, 4.69) is 0 Å². The Morgan fingerprint density at radius 1 is 0.970 bits per heavy atom. The summed E-state index contributed by atoms with van der Waals surface area (Å²) in [5.41, 5.74) is 2.71. The predicted molar refractivity (Wildman–Crippen MR) is 134 cm³/mol. The number of thiocarbonyl (C=S) groups is 1. The third-order valence-corrected chi connectivity index (χ3v) is 6.45. The number of rotatable bonds is 8. The molecule has 1 aliphatic heterocycles. The smallest absolute Gasteiger partial charge is 0.327 e. The molecule has 0 bridgehead atoms. The minimum atomic E-state index is -1.09. The van der Waals surface area contributed by atoms with Crippen LogP contribution in [0, 0.1) is 0 Å². The maximum atomic E-state index is 13.0. The van der Waals surface area contributed by atoms with Crippen LogP contribution in [0.4, 0.5) is 0 Å². The van der Waals surface area contributed by atoms with E-state index in [1.807, 2.05) is 84.9 Å². The standard InChI is InChI=1S/C26H21NO4S2/c28-24-23(16-19-11-13-21(14-12-19)31-17-20-9-5-2-6-10-20)33-26(32)27(24)22(25(29)30)15-18-7-3-1-4-8-18/h1-14,16,22H,15,17H2,(H,29,30)/b23-16-/t22-/m0/s1. The summed E-state index contributed by atoms with van der Waals surface area (Å²) in [5, 5.41) is 9.77. The summed E-state index contributed by atoms with van der Waals surface area (Å²) in [6.45, 7) is 0.469. The molecular weight excluding hydrogens is 454 g/mol. The minimum Gasteiger partial charge on any atom is -0.489 e. The van der Waals surface area contributed by atoms with Crippen molar-refractivity contribution in [3.05, 3.63) is 107 Å². The third kappa shape index (κ3) is 5.69. The highest BCUT2D eigenvalue weighted by Gasteiger charge is 2.40. The zero-order valence-electron chi connectivity index (χ0n) is 17.6. The fraction of sp³-hybridized carbons (Fsp3) is 0.115. The molecule has 1 aliphatic rings. The molecule has 0 spiro atoms. The summed E-state index contributed by atoms with van der Waals surface area (Å²) in [6, 6.07) is 25.4. The first-order valence-corrected chi connectivity index (χ1v) is 11.5. The van der Waals surface area contributed by atoms with Crippen LogP contribution in [0.3, 0.4) is 0 Å². The van der Waals surface area contributed by atoms with E-state index in [0.29, 0.717) is 11.5 Å². The molecule has 3 aromatic carbocycles. The first-order chi connectivity index (χ1) is 16.0. The van der Waals surface area contributed by atoms with Crippen LogP contribution in [-0.2, 0) is 22.6 Å². The van der Waals surface area contributed by atoms with Crippen molar-refractivity contribution in [1.29, 1.82) is 0 Å². The average molecular weight is 476 g/mol. The van der Waals surface area contributed by atoms with Gasteiger partial charge in [0.25, 0.3) is 5.91 Å². The lowest BCUT2D eigenvalue weighted by atomic mass is 10.0. The van der Waals surface area contributed by atoms with E-state index in [9.17, 15) is 14.7 Å². The maximum absolute atomic E-state index is 13.0. The highest BCUT2D eigenvalue weighted by molar-refractivity contribution is 8.26. The van der Waals surface area contributed by atoms with Crippen molar-refractivity contribution < 1.29 is 19.4 Å². The van der Waals surface area contributed by atoms with Crippen LogP contribution in [0.1, 0.15) is 16.7 Å². The summed E-state index contributed by atoms with van der Waals surface area (Å²) >= 11 is 6.49. The van der Waals surface area contributed by atoms with Gasteiger partial charge in [0.2, 0.25) is 0 Å². The number of thioether (sulfide) groups is 1. The zero-order chi connectivity index (χ0) is 23.2. The first kappa shape index (κ1) is 22.8. The minimum absolute atomic E-state index is 0.184. The molecule has 0 aromatic heterocycles. The molecule has 33 heavy (non-hydrogen) atoms. The van der Waals surface area contributed by atoms with Crippen molar-refractivity contribution in [2.24, 2.45) is 0 Å². The van der Waals surface area contributed by atoms with Crippen LogP contribution < -0.4 is 4.74 Å². The molecule has 7 heteroatoms. The molecule has 166 valence electrons. The number of carboxylic acids is 1. The predicted octanol–water partition coefficient (Wildman–Crippen LogP) is 5.16. The van der Waals surface area contributed by atoms with Gasteiger partial charge in [0, 0.05) is 6.42 Å². The molecule has 1 atom stereocenters. The van der Waals surface area contributed by atoms with Gasteiger partial charge < -0.3 is 9.84 Å². The molecule has 0 saturated carbocycles. The molecule has 3 aromatic rings. The second-order valence-corrected chi connectivity index (χ2v) is 9.11. The fourth-order valence-corrected chi connectivity index (χ4v) is 4.78. The Hall–Kier alpha value is -3.42. The summed E-state index contributed by atoms with van der Waals surface area (Å²) in [7, 11) is 0. The number of carboxylic acid groups (broad SMARTS) is 1. The van der Waals surface area contributed by atoms with Crippen molar-refractivity contribution in [3.63, 3.8) is 0 Å². The van der Waals surface area contributed by atoms with E-state index < -0.39 is 17.9 Å². The average Bonchev–Trinajstić information content (AvgIpc) is 3.10. The molecule has 0 aliphatic carbocycles. The van der Waals surface area contributed by atoms with Crippen LogP contribution in [0.15, 0.2) is 89.8 Å². The van der Waals surface area contributed by atoms with Gasteiger partial charge in [-0.2, -0.15) is 0 Å². The monoisotopic (exact) mass is 475 g/mol. The van der Waals surface area contributed by atoms with Crippen molar-refractivity contribution in [2.45, 2.75) is 19.1 Å². The number of ether oxygens (including phenoxy) is 1. The molecule has 1 fully saturated rings. The zero-order valence-corrected chi connectivity index (χ0v) is 19.2. The van der Waals surface area contributed by atoms with E-state index in [4.69, 9.17) is 17.0 Å². The van der Waals surface area contributed by atoms with E-state index in [1.165, 1.54) is 4.90 Å². The van der Waals surface area contributed by atoms with Crippen LogP contribution >= 0.6 is 24.0 Å². The van der Waals surface area contributed by atoms with Gasteiger partial charge in [-0.1, -0.05) is 96.8 Å². The molecule has 5 nitrogen and oxygen atoms in total. The molecule has 1 N–H and O–H groups in total. The number of carbonyl (C=O) groups excluding carboxylic acids is 1. The number of benzene rings is 3. The van der Waals surface area contributed by atoms with E-state index in [-0.39, 0.29) is 10.7 Å². The number of hydrogen-bond donors (Lipinski definition) is 1. The fourth-order valence-electron chi connectivity index (χ4n) is 3.43.